The Balaban J connectivity index is 1.30. The molecule has 0 bridgehead atoms. The molecule has 0 unspecified atom stereocenters. The van der Waals surface area contributed by atoms with Crippen LogP contribution in [0.4, 0.5) is 0 Å². The minimum atomic E-state index is -3.60. The van der Waals surface area contributed by atoms with Crippen molar-refractivity contribution >= 4 is 26.8 Å². The normalized spacial score (nSPS) is 19.7. The summed E-state index contributed by atoms with van der Waals surface area (Å²) in [5, 5.41) is 7.60. The minimum absolute atomic E-state index is 0.126. The monoisotopic (exact) mass is 480 g/mol. The van der Waals surface area contributed by atoms with Gasteiger partial charge in [0.05, 0.1) is 22.7 Å². The number of hydrogen-bond acceptors (Lipinski definition) is 4. The molecule has 180 valence electrons. The predicted octanol–water partition coefficient (Wildman–Crippen LogP) is 4.28. The molecule has 3 aromatic rings. The summed E-state index contributed by atoms with van der Waals surface area (Å²) in [6.07, 6.45) is 6.81. The van der Waals surface area contributed by atoms with Crippen molar-refractivity contribution in [2.45, 2.75) is 56.4 Å². The van der Waals surface area contributed by atoms with Gasteiger partial charge in [0.2, 0.25) is 15.9 Å². The van der Waals surface area contributed by atoms with Gasteiger partial charge in [0.25, 0.3) is 0 Å². The first-order valence-corrected chi connectivity index (χ1v) is 13.7. The number of hydrogen-bond donors (Lipinski definition) is 1. The Morgan fingerprint density at radius 2 is 1.94 bits per heavy atom. The zero-order chi connectivity index (χ0) is 23.7. The summed E-state index contributed by atoms with van der Waals surface area (Å²) in [6.45, 7) is 3.58. The Labute approximate surface area is 201 Å². The highest BCUT2D eigenvalue weighted by molar-refractivity contribution is 7.89. The van der Waals surface area contributed by atoms with E-state index in [1.807, 2.05) is 0 Å². The standard InChI is InChI=1S/C26H32N4O3S/c1-2-14-30(25-9-5-7-19-6-3-4-8-23(19)25)26(31)20-12-15-29(16-13-20)34(32,33)22-10-11-24-21(17-22)18-27-28-24/h3-4,6,8,10-11,17-18,20,25H,2,5,7,9,12-16H2,1H3,(H,27,28)/t25-/m1/s1. The van der Waals surface area contributed by atoms with Crippen molar-refractivity contribution in [2.75, 3.05) is 19.6 Å². The molecule has 5 rings (SSSR count). The maximum absolute atomic E-state index is 13.7. The highest BCUT2D eigenvalue weighted by atomic mass is 32.2. The first kappa shape index (κ1) is 23.1. The van der Waals surface area contributed by atoms with E-state index in [1.54, 1.807) is 24.4 Å². The first-order chi connectivity index (χ1) is 16.5. The molecule has 1 N–H and O–H groups in total. The van der Waals surface area contributed by atoms with Crippen molar-refractivity contribution in [2.24, 2.45) is 5.92 Å². The number of aryl methyl sites for hydroxylation is 1. The number of H-pyrrole nitrogens is 1. The number of amides is 1. The average molecular weight is 481 g/mol. The minimum Gasteiger partial charge on any atom is -0.335 e. The van der Waals surface area contributed by atoms with Gasteiger partial charge in [-0.15, -0.1) is 0 Å². The number of piperidine rings is 1. The van der Waals surface area contributed by atoms with E-state index in [0.717, 1.165) is 43.1 Å². The van der Waals surface area contributed by atoms with Gasteiger partial charge in [-0.05, 0) is 67.9 Å². The molecule has 1 aliphatic carbocycles. The number of carbonyl (C=O) groups excluding carboxylic acids is 1. The van der Waals surface area contributed by atoms with Gasteiger partial charge in [-0.2, -0.15) is 9.40 Å². The summed E-state index contributed by atoms with van der Waals surface area (Å²) in [6, 6.07) is 13.6. The zero-order valence-corrected chi connectivity index (χ0v) is 20.4. The number of carbonyl (C=O) groups is 1. The fourth-order valence-electron chi connectivity index (χ4n) is 5.52. The Hall–Kier alpha value is -2.71. The largest absolute Gasteiger partial charge is 0.335 e. The zero-order valence-electron chi connectivity index (χ0n) is 19.6. The highest BCUT2D eigenvalue weighted by Crippen LogP contribution is 2.36. The lowest BCUT2D eigenvalue weighted by Gasteiger charge is -2.39. The molecule has 0 spiro atoms. The number of rotatable bonds is 6. The smallest absolute Gasteiger partial charge is 0.243 e. The molecule has 1 aliphatic heterocycles. The van der Waals surface area contributed by atoms with Crippen LogP contribution >= 0.6 is 0 Å². The molecule has 2 aliphatic rings. The number of fused-ring (bicyclic) bond motifs is 2. The maximum Gasteiger partial charge on any atom is 0.243 e. The third-order valence-electron chi connectivity index (χ3n) is 7.31. The number of sulfonamides is 1. The number of nitrogens with zero attached hydrogens (tertiary/aromatic N) is 3. The van der Waals surface area contributed by atoms with Crippen LogP contribution in [0.3, 0.4) is 0 Å². The Morgan fingerprint density at radius 3 is 2.74 bits per heavy atom. The van der Waals surface area contributed by atoms with Gasteiger partial charge in [0, 0.05) is 30.9 Å². The van der Waals surface area contributed by atoms with Crippen molar-refractivity contribution in [3.05, 3.63) is 59.8 Å². The summed E-state index contributed by atoms with van der Waals surface area (Å²) in [5.74, 6) is 0.0452. The van der Waals surface area contributed by atoms with Crippen LogP contribution in [0.2, 0.25) is 0 Å². The molecule has 7 nitrogen and oxygen atoms in total. The average Bonchev–Trinajstić information content (AvgIpc) is 3.35. The van der Waals surface area contributed by atoms with Gasteiger partial charge in [-0.1, -0.05) is 31.2 Å². The molecule has 1 fully saturated rings. The summed E-state index contributed by atoms with van der Waals surface area (Å²) in [5.41, 5.74) is 3.44. The molecule has 1 atom stereocenters. The fourth-order valence-corrected chi connectivity index (χ4v) is 7.03. The van der Waals surface area contributed by atoms with E-state index < -0.39 is 10.0 Å². The molecular formula is C26H32N4O3S. The predicted molar refractivity (Wildman–Crippen MR) is 132 cm³/mol. The second-order valence-corrected chi connectivity index (χ2v) is 11.4. The van der Waals surface area contributed by atoms with E-state index >= 15 is 0 Å². The van der Waals surface area contributed by atoms with Gasteiger partial charge < -0.3 is 4.90 Å². The van der Waals surface area contributed by atoms with Crippen LogP contribution in [0.25, 0.3) is 10.9 Å². The third-order valence-corrected chi connectivity index (χ3v) is 9.21. The SMILES string of the molecule is CCCN(C(=O)C1CCN(S(=O)(=O)c2ccc3[nH]ncc3c2)CC1)[C@@H]1CCCc2ccccc21. The lowest BCUT2D eigenvalue weighted by molar-refractivity contribution is -0.139. The molecule has 2 heterocycles. The number of aromatic amines is 1. The fraction of sp³-hybridized carbons (Fsp3) is 0.462. The second-order valence-electron chi connectivity index (χ2n) is 9.44. The van der Waals surface area contributed by atoms with Gasteiger partial charge >= 0.3 is 0 Å². The van der Waals surface area contributed by atoms with Gasteiger partial charge in [0.1, 0.15) is 0 Å². The van der Waals surface area contributed by atoms with Crippen LogP contribution in [0, 0.1) is 5.92 Å². The van der Waals surface area contributed by atoms with Crippen LogP contribution in [0.5, 0.6) is 0 Å². The van der Waals surface area contributed by atoms with Crippen molar-refractivity contribution in [1.29, 1.82) is 0 Å². The lowest BCUT2D eigenvalue weighted by atomic mass is 9.85. The molecule has 8 heteroatoms. The number of aromatic nitrogens is 2. The van der Waals surface area contributed by atoms with Crippen molar-refractivity contribution in [3.63, 3.8) is 0 Å². The number of benzene rings is 2. The molecule has 0 radical (unpaired) electrons. The van der Waals surface area contributed by atoms with E-state index in [4.69, 9.17) is 0 Å². The second kappa shape index (κ2) is 9.50. The van der Waals surface area contributed by atoms with E-state index in [0.29, 0.717) is 25.9 Å². The maximum atomic E-state index is 13.7. The highest BCUT2D eigenvalue weighted by Gasteiger charge is 2.36. The van der Waals surface area contributed by atoms with Crippen molar-refractivity contribution in [1.82, 2.24) is 19.4 Å². The summed E-state index contributed by atoms with van der Waals surface area (Å²) >= 11 is 0. The molecule has 0 saturated carbocycles. The lowest BCUT2D eigenvalue weighted by Crippen LogP contribution is -2.46. The van der Waals surface area contributed by atoms with Crippen LogP contribution < -0.4 is 0 Å². The molecule has 1 aromatic heterocycles. The summed E-state index contributed by atoms with van der Waals surface area (Å²) in [7, 11) is -3.60. The van der Waals surface area contributed by atoms with E-state index in [-0.39, 0.29) is 22.8 Å². The Bertz CT molecular complexity index is 1280. The molecule has 1 amide bonds. The van der Waals surface area contributed by atoms with Gasteiger partial charge in [-0.25, -0.2) is 8.42 Å². The van der Waals surface area contributed by atoms with Crippen molar-refractivity contribution in [3.8, 4) is 0 Å². The van der Waals surface area contributed by atoms with E-state index in [1.165, 1.54) is 15.4 Å². The Morgan fingerprint density at radius 1 is 1.15 bits per heavy atom. The molecular weight excluding hydrogens is 448 g/mol. The topological polar surface area (TPSA) is 86.4 Å². The van der Waals surface area contributed by atoms with Crippen LogP contribution in [-0.2, 0) is 21.2 Å². The van der Waals surface area contributed by atoms with E-state index in [9.17, 15) is 13.2 Å². The molecule has 2 aromatic carbocycles. The summed E-state index contributed by atoms with van der Waals surface area (Å²) in [4.78, 5) is 16.0. The molecule has 34 heavy (non-hydrogen) atoms. The van der Waals surface area contributed by atoms with Crippen LogP contribution in [0.15, 0.2) is 53.6 Å². The van der Waals surface area contributed by atoms with Gasteiger partial charge in [-0.3, -0.25) is 9.89 Å². The van der Waals surface area contributed by atoms with Crippen LogP contribution in [0.1, 0.15) is 56.2 Å². The van der Waals surface area contributed by atoms with Gasteiger partial charge in [0.15, 0.2) is 0 Å². The first-order valence-electron chi connectivity index (χ1n) is 12.3. The van der Waals surface area contributed by atoms with Crippen molar-refractivity contribution < 1.29 is 13.2 Å². The Kier molecular flexibility index (Phi) is 6.44. The number of nitrogens with one attached hydrogen (secondary N) is 1. The van der Waals surface area contributed by atoms with Crippen LogP contribution in [-0.4, -0.2) is 53.4 Å². The van der Waals surface area contributed by atoms with E-state index in [2.05, 4.69) is 46.3 Å². The quantitative estimate of drug-likeness (QED) is 0.571. The molecule has 1 saturated heterocycles. The summed E-state index contributed by atoms with van der Waals surface area (Å²) < 4.78 is 28.0. The third kappa shape index (κ3) is 4.25.